The van der Waals surface area contributed by atoms with E-state index in [1.54, 1.807) is 18.3 Å². The number of amides is 1. The van der Waals surface area contributed by atoms with Crippen molar-refractivity contribution in [1.29, 1.82) is 0 Å². The van der Waals surface area contributed by atoms with Crippen molar-refractivity contribution in [1.82, 2.24) is 9.88 Å². The molecule has 2 fully saturated rings. The van der Waals surface area contributed by atoms with Gasteiger partial charge in [0.2, 0.25) is 0 Å². The quantitative estimate of drug-likeness (QED) is 0.871. The smallest absolute Gasteiger partial charge is 0.252 e. The monoisotopic (exact) mass is 366 g/mol. The van der Waals surface area contributed by atoms with Crippen molar-refractivity contribution >= 4 is 11.7 Å². The van der Waals surface area contributed by atoms with Gasteiger partial charge in [-0.05, 0) is 24.1 Å². The third-order valence-electron chi connectivity index (χ3n) is 5.74. The number of primary amides is 1. The molecule has 0 spiro atoms. The summed E-state index contributed by atoms with van der Waals surface area (Å²) in [5, 5.41) is 0. The summed E-state index contributed by atoms with van der Waals surface area (Å²) in [4.78, 5) is 20.8. The van der Waals surface area contributed by atoms with Crippen LogP contribution in [0.25, 0.3) is 0 Å². The van der Waals surface area contributed by atoms with Gasteiger partial charge in [0, 0.05) is 50.9 Å². The Labute approximate surface area is 159 Å². The first-order valence-corrected chi connectivity index (χ1v) is 9.53. The predicted molar refractivity (Wildman–Crippen MR) is 105 cm³/mol. The Morgan fingerprint density at radius 3 is 2.56 bits per heavy atom. The minimum atomic E-state index is -0.424. The number of hydrogen-bond acceptors (Lipinski definition) is 5. The molecule has 2 aliphatic rings. The van der Waals surface area contributed by atoms with Gasteiger partial charge >= 0.3 is 0 Å². The third kappa shape index (κ3) is 3.68. The highest BCUT2D eigenvalue weighted by atomic mass is 16.5. The Morgan fingerprint density at radius 2 is 1.89 bits per heavy atom. The Bertz CT molecular complexity index is 782. The van der Waals surface area contributed by atoms with E-state index < -0.39 is 5.91 Å². The van der Waals surface area contributed by atoms with Gasteiger partial charge in [-0.25, -0.2) is 4.98 Å². The second kappa shape index (κ2) is 7.66. The van der Waals surface area contributed by atoms with Crippen molar-refractivity contribution in [3.05, 3.63) is 59.8 Å². The van der Waals surface area contributed by atoms with E-state index in [-0.39, 0.29) is 5.41 Å². The van der Waals surface area contributed by atoms with Crippen molar-refractivity contribution in [2.45, 2.75) is 11.8 Å². The Hall–Kier alpha value is -2.44. The maximum absolute atomic E-state index is 11.7. The molecule has 2 N–H and O–H groups in total. The summed E-state index contributed by atoms with van der Waals surface area (Å²) >= 11 is 0. The van der Waals surface area contributed by atoms with Crippen LogP contribution in [0.1, 0.15) is 22.3 Å². The average molecular weight is 366 g/mol. The third-order valence-corrected chi connectivity index (χ3v) is 5.74. The first kappa shape index (κ1) is 17.9. The number of hydrogen-bond donors (Lipinski definition) is 1. The second-order valence-electron chi connectivity index (χ2n) is 7.45. The standard InChI is InChI=1S/C21H26N4O2/c22-19(26)18-7-4-9-23-20(18)25-12-10-24(11-13-25)15-21(8-14-27-16-21)17-5-2-1-3-6-17/h1-7,9H,8,10-16H2,(H2,22,26)/t21-/m1/s1. The number of rotatable bonds is 5. The van der Waals surface area contributed by atoms with Gasteiger partial charge in [-0.3, -0.25) is 9.69 Å². The number of aromatic nitrogens is 1. The fourth-order valence-corrected chi connectivity index (χ4v) is 4.23. The van der Waals surface area contributed by atoms with Crippen molar-refractivity contribution in [3.8, 4) is 0 Å². The first-order chi connectivity index (χ1) is 13.2. The van der Waals surface area contributed by atoms with Gasteiger partial charge in [0.05, 0.1) is 12.2 Å². The van der Waals surface area contributed by atoms with Gasteiger partial charge in [-0.2, -0.15) is 0 Å². The number of pyridine rings is 1. The summed E-state index contributed by atoms with van der Waals surface area (Å²) in [5.41, 5.74) is 7.45. The average Bonchev–Trinajstić information content (AvgIpc) is 3.19. The van der Waals surface area contributed by atoms with E-state index in [2.05, 4.69) is 45.1 Å². The topological polar surface area (TPSA) is 71.7 Å². The van der Waals surface area contributed by atoms with Crippen LogP contribution in [0.4, 0.5) is 5.82 Å². The highest BCUT2D eigenvalue weighted by Crippen LogP contribution is 2.34. The molecule has 1 aromatic heterocycles. The molecule has 2 saturated heterocycles. The largest absolute Gasteiger partial charge is 0.380 e. The van der Waals surface area contributed by atoms with Crippen LogP contribution in [0.3, 0.4) is 0 Å². The van der Waals surface area contributed by atoms with E-state index in [0.29, 0.717) is 11.4 Å². The molecule has 1 atom stereocenters. The van der Waals surface area contributed by atoms with Gasteiger partial charge in [-0.15, -0.1) is 0 Å². The Kier molecular flexibility index (Phi) is 5.09. The number of benzene rings is 1. The van der Waals surface area contributed by atoms with Gasteiger partial charge in [0.15, 0.2) is 0 Å². The molecule has 1 aromatic carbocycles. The lowest BCUT2D eigenvalue weighted by atomic mass is 9.79. The maximum atomic E-state index is 11.7. The molecule has 0 unspecified atom stereocenters. The highest BCUT2D eigenvalue weighted by Gasteiger charge is 2.39. The van der Waals surface area contributed by atoms with Crippen LogP contribution in [0.15, 0.2) is 48.7 Å². The van der Waals surface area contributed by atoms with E-state index in [0.717, 1.165) is 52.4 Å². The number of ether oxygens (including phenoxy) is 1. The normalized spacial score (nSPS) is 23.5. The molecule has 6 nitrogen and oxygen atoms in total. The SMILES string of the molecule is NC(=O)c1cccnc1N1CCN(C[C@]2(c3ccccc3)CCOC2)CC1. The molecule has 0 aliphatic carbocycles. The fraction of sp³-hybridized carbons (Fsp3) is 0.429. The minimum absolute atomic E-state index is 0.0762. The number of nitrogens with zero attached hydrogens (tertiary/aromatic N) is 3. The summed E-state index contributed by atoms with van der Waals surface area (Å²) < 4.78 is 5.79. The second-order valence-corrected chi connectivity index (χ2v) is 7.45. The fourth-order valence-electron chi connectivity index (χ4n) is 4.23. The number of carbonyl (C=O) groups excluding carboxylic acids is 1. The zero-order valence-electron chi connectivity index (χ0n) is 15.5. The molecule has 2 aromatic rings. The van der Waals surface area contributed by atoms with Crippen molar-refractivity contribution in [3.63, 3.8) is 0 Å². The molecule has 2 aliphatic heterocycles. The zero-order chi connectivity index (χ0) is 18.7. The lowest BCUT2D eigenvalue weighted by Crippen LogP contribution is -2.51. The molecule has 142 valence electrons. The lowest BCUT2D eigenvalue weighted by molar-refractivity contribution is 0.1000. The number of piperazine rings is 1. The molecule has 1 amide bonds. The van der Waals surface area contributed by atoms with Crippen LogP contribution in [-0.4, -0.2) is 61.7 Å². The molecular formula is C21H26N4O2. The van der Waals surface area contributed by atoms with Crippen LogP contribution in [-0.2, 0) is 10.2 Å². The summed E-state index contributed by atoms with van der Waals surface area (Å²) in [7, 11) is 0. The van der Waals surface area contributed by atoms with E-state index in [1.165, 1.54) is 5.56 Å². The predicted octanol–water partition coefficient (Wildman–Crippen LogP) is 1.66. The number of carbonyl (C=O) groups is 1. The van der Waals surface area contributed by atoms with Gasteiger partial charge in [0.25, 0.3) is 5.91 Å². The van der Waals surface area contributed by atoms with Crippen molar-refractivity contribution in [2.24, 2.45) is 5.73 Å². The van der Waals surface area contributed by atoms with Crippen LogP contribution in [0.5, 0.6) is 0 Å². The molecule has 27 heavy (non-hydrogen) atoms. The van der Waals surface area contributed by atoms with Crippen LogP contribution in [0.2, 0.25) is 0 Å². The summed E-state index contributed by atoms with van der Waals surface area (Å²) in [6, 6.07) is 14.2. The van der Waals surface area contributed by atoms with E-state index in [1.807, 2.05) is 0 Å². The molecule has 0 radical (unpaired) electrons. The number of nitrogens with two attached hydrogens (primary N) is 1. The highest BCUT2D eigenvalue weighted by molar-refractivity contribution is 5.97. The zero-order valence-corrected chi connectivity index (χ0v) is 15.5. The molecule has 6 heteroatoms. The molecular weight excluding hydrogens is 340 g/mol. The first-order valence-electron chi connectivity index (χ1n) is 9.53. The minimum Gasteiger partial charge on any atom is -0.380 e. The molecule has 0 saturated carbocycles. The maximum Gasteiger partial charge on any atom is 0.252 e. The molecule has 4 rings (SSSR count). The van der Waals surface area contributed by atoms with Gasteiger partial charge in [-0.1, -0.05) is 30.3 Å². The van der Waals surface area contributed by atoms with Crippen LogP contribution >= 0.6 is 0 Å². The molecule has 3 heterocycles. The van der Waals surface area contributed by atoms with Crippen molar-refractivity contribution < 1.29 is 9.53 Å². The van der Waals surface area contributed by atoms with E-state index in [4.69, 9.17) is 10.5 Å². The van der Waals surface area contributed by atoms with Crippen LogP contribution in [0, 0.1) is 0 Å². The summed E-state index contributed by atoms with van der Waals surface area (Å²) in [5.74, 6) is 0.276. The van der Waals surface area contributed by atoms with Gasteiger partial charge < -0.3 is 15.4 Å². The number of anilines is 1. The Morgan fingerprint density at radius 1 is 1.11 bits per heavy atom. The Balaban J connectivity index is 1.45. The van der Waals surface area contributed by atoms with Crippen LogP contribution < -0.4 is 10.6 Å². The summed E-state index contributed by atoms with van der Waals surface area (Å²) in [6.07, 6.45) is 2.78. The summed E-state index contributed by atoms with van der Waals surface area (Å²) in [6.45, 7) is 6.14. The van der Waals surface area contributed by atoms with Gasteiger partial charge in [0.1, 0.15) is 5.82 Å². The molecule has 0 bridgehead atoms. The van der Waals surface area contributed by atoms with E-state index in [9.17, 15) is 4.79 Å². The van der Waals surface area contributed by atoms with Crippen molar-refractivity contribution in [2.75, 3.05) is 50.8 Å². The lowest BCUT2D eigenvalue weighted by Gasteiger charge is -2.40. The van der Waals surface area contributed by atoms with E-state index >= 15 is 0 Å².